The summed E-state index contributed by atoms with van der Waals surface area (Å²) in [6.45, 7) is 3.64. The largest absolute Gasteiger partial charge is 0.394 e. The highest BCUT2D eigenvalue weighted by atomic mass is 16.7. The third kappa shape index (κ3) is 39.9. The van der Waals surface area contributed by atoms with E-state index in [0.717, 1.165) is 44.9 Å². The second kappa shape index (κ2) is 51.0. The first kappa shape index (κ1) is 67.9. The molecule has 71 heavy (non-hydrogen) atoms. The Bertz CT molecular complexity index is 1140. The lowest BCUT2D eigenvalue weighted by molar-refractivity contribution is -0.302. The first-order valence-corrected chi connectivity index (χ1v) is 31.0. The van der Waals surface area contributed by atoms with Gasteiger partial charge in [0.1, 0.15) is 30.5 Å². The van der Waals surface area contributed by atoms with Crippen molar-refractivity contribution in [1.29, 1.82) is 0 Å². The summed E-state index contributed by atoms with van der Waals surface area (Å²) in [5.41, 5.74) is 0. The number of aliphatic hydroxyl groups excluding tert-OH is 6. The zero-order chi connectivity index (χ0) is 51.7. The van der Waals surface area contributed by atoms with E-state index < -0.39 is 61.5 Å². The van der Waals surface area contributed by atoms with E-state index in [1.54, 1.807) is 6.08 Å². The van der Waals surface area contributed by atoms with Crippen molar-refractivity contribution in [1.82, 2.24) is 5.32 Å². The fraction of sp³-hybridized carbons (Fsp3) is 0.951. The van der Waals surface area contributed by atoms with Gasteiger partial charge in [-0.2, -0.15) is 0 Å². The van der Waals surface area contributed by atoms with Gasteiger partial charge in [0.2, 0.25) is 5.91 Å². The molecular weight excluding hydrogens is 891 g/mol. The van der Waals surface area contributed by atoms with Crippen LogP contribution < -0.4 is 5.32 Å². The topological polar surface area (TPSA) is 169 Å². The van der Waals surface area contributed by atoms with Crippen LogP contribution in [0.3, 0.4) is 0 Å². The van der Waals surface area contributed by atoms with E-state index in [9.17, 15) is 35.4 Å². The van der Waals surface area contributed by atoms with Crippen LogP contribution in [-0.4, -0.2) is 98.7 Å². The minimum absolute atomic E-state index is 0.301. The summed E-state index contributed by atoms with van der Waals surface area (Å²) in [7, 11) is 0. The van der Waals surface area contributed by atoms with Gasteiger partial charge in [-0.15, -0.1) is 0 Å². The van der Waals surface area contributed by atoms with E-state index in [-0.39, 0.29) is 6.61 Å². The maximum atomic E-state index is 13.1. The Balaban J connectivity index is 2.09. The van der Waals surface area contributed by atoms with Gasteiger partial charge in [-0.05, 0) is 19.3 Å². The predicted molar refractivity (Wildman–Crippen MR) is 297 cm³/mol. The molecule has 0 aromatic carbocycles. The predicted octanol–water partition coefficient (Wildman–Crippen LogP) is 14.6. The van der Waals surface area contributed by atoms with Gasteiger partial charge < -0.3 is 45.4 Å². The molecule has 7 N–H and O–H groups in total. The average Bonchev–Trinajstić information content (AvgIpc) is 3.37. The van der Waals surface area contributed by atoms with Crippen molar-refractivity contribution < 1.29 is 44.9 Å². The van der Waals surface area contributed by atoms with Crippen LogP contribution in [0.5, 0.6) is 0 Å². The lowest BCUT2D eigenvalue weighted by atomic mass is 9.99. The number of carbonyl (C=O) groups is 1. The van der Waals surface area contributed by atoms with Crippen LogP contribution in [0.4, 0.5) is 0 Å². The molecule has 8 unspecified atom stereocenters. The average molecular weight is 1010 g/mol. The second-order valence-electron chi connectivity index (χ2n) is 22.0. The van der Waals surface area contributed by atoms with E-state index in [4.69, 9.17) is 9.47 Å². The van der Waals surface area contributed by atoms with Crippen LogP contribution in [0.25, 0.3) is 0 Å². The molecule has 0 spiro atoms. The molecule has 0 radical (unpaired) electrons. The molecule has 1 fully saturated rings. The smallest absolute Gasteiger partial charge is 0.249 e. The zero-order valence-corrected chi connectivity index (χ0v) is 46.6. The summed E-state index contributed by atoms with van der Waals surface area (Å²) < 4.78 is 11.2. The molecule has 0 bridgehead atoms. The molecule has 1 heterocycles. The molecule has 1 amide bonds. The Morgan fingerprint density at radius 2 is 0.803 bits per heavy atom. The molecule has 1 aliphatic rings. The SMILES string of the molecule is CCCCCCCCCCCC/C=C/C(O)C(COC1OC(CO)C(O)C(O)C1O)NC(=O)C(O)CCCCCCCCCCCCCCCCCCCCCCCCCCCCCCCCCCCC. The first-order valence-electron chi connectivity index (χ1n) is 31.0. The maximum absolute atomic E-state index is 13.1. The van der Waals surface area contributed by atoms with E-state index >= 15 is 0 Å². The fourth-order valence-corrected chi connectivity index (χ4v) is 10.2. The lowest BCUT2D eigenvalue weighted by Crippen LogP contribution is -2.60. The monoisotopic (exact) mass is 1010 g/mol. The second-order valence-corrected chi connectivity index (χ2v) is 22.0. The quantitative estimate of drug-likeness (QED) is 0.0232. The Kier molecular flexibility index (Phi) is 48.8. The molecule has 422 valence electrons. The highest BCUT2D eigenvalue weighted by molar-refractivity contribution is 5.80. The summed E-state index contributed by atoms with van der Waals surface area (Å²) >= 11 is 0. The third-order valence-corrected chi connectivity index (χ3v) is 15.2. The molecule has 1 rings (SSSR count). The van der Waals surface area contributed by atoms with E-state index in [1.807, 2.05) is 6.08 Å². The number of nitrogens with one attached hydrogen (secondary N) is 1. The Labute approximate surface area is 438 Å². The van der Waals surface area contributed by atoms with Gasteiger partial charge in [-0.1, -0.05) is 302 Å². The molecule has 0 aliphatic carbocycles. The Hall–Kier alpha value is -1.11. The highest BCUT2D eigenvalue weighted by Gasteiger charge is 2.44. The summed E-state index contributed by atoms with van der Waals surface area (Å²) in [4.78, 5) is 13.1. The molecule has 0 aromatic heterocycles. The van der Waals surface area contributed by atoms with Crippen molar-refractivity contribution in [3.8, 4) is 0 Å². The highest BCUT2D eigenvalue weighted by Crippen LogP contribution is 2.23. The van der Waals surface area contributed by atoms with E-state index in [1.165, 1.54) is 244 Å². The molecule has 1 saturated heterocycles. The van der Waals surface area contributed by atoms with Gasteiger partial charge >= 0.3 is 0 Å². The van der Waals surface area contributed by atoms with Gasteiger partial charge in [0.15, 0.2) is 6.29 Å². The maximum Gasteiger partial charge on any atom is 0.249 e. The molecule has 1 aliphatic heterocycles. The number of hydrogen-bond acceptors (Lipinski definition) is 9. The Morgan fingerprint density at radius 1 is 0.479 bits per heavy atom. The van der Waals surface area contributed by atoms with Crippen molar-refractivity contribution in [2.45, 2.75) is 358 Å². The van der Waals surface area contributed by atoms with Gasteiger partial charge in [-0.3, -0.25) is 4.79 Å². The third-order valence-electron chi connectivity index (χ3n) is 15.2. The van der Waals surface area contributed by atoms with Crippen LogP contribution in [0.15, 0.2) is 12.2 Å². The van der Waals surface area contributed by atoms with Gasteiger partial charge in [-0.25, -0.2) is 0 Å². The summed E-state index contributed by atoms with van der Waals surface area (Å²) in [6, 6.07) is -0.975. The van der Waals surface area contributed by atoms with Crippen molar-refractivity contribution in [2.75, 3.05) is 13.2 Å². The van der Waals surface area contributed by atoms with Gasteiger partial charge in [0.05, 0.1) is 25.4 Å². The number of carbonyl (C=O) groups excluding carboxylic acids is 1. The number of amides is 1. The Morgan fingerprint density at radius 3 is 1.14 bits per heavy atom. The van der Waals surface area contributed by atoms with Crippen LogP contribution >= 0.6 is 0 Å². The van der Waals surface area contributed by atoms with Crippen molar-refractivity contribution >= 4 is 5.91 Å². The van der Waals surface area contributed by atoms with Crippen LogP contribution in [0.2, 0.25) is 0 Å². The number of unbranched alkanes of at least 4 members (excludes halogenated alkanes) is 43. The molecule has 0 aromatic rings. The summed E-state index contributed by atoms with van der Waals surface area (Å²) in [5, 5.41) is 64.9. The van der Waals surface area contributed by atoms with E-state index in [0.29, 0.717) is 6.42 Å². The van der Waals surface area contributed by atoms with E-state index in [2.05, 4.69) is 19.2 Å². The number of rotatable bonds is 54. The summed E-state index contributed by atoms with van der Waals surface area (Å²) in [6.07, 6.45) is 53.6. The van der Waals surface area contributed by atoms with Crippen LogP contribution in [0, 0.1) is 0 Å². The van der Waals surface area contributed by atoms with Crippen molar-refractivity contribution in [2.24, 2.45) is 0 Å². The number of aliphatic hydroxyl groups is 6. The molecule has 10 heteroatoms. The summed E-state index contributed by atoms with van der Waals surface area (Å²) in [5.74, 6) is -0.611. The number of hydrogen-bond donors (Lipinski definition) is 7. The lowest BCUT2D eigenvalue weighted by Gasteiger charge is -2.40. The van der Waals surface area contributed by atoms with Crippen LogP contribution in [-0.2, 0) is 14.3 Å². The molecule has 10 nitrogen and oxygen atoms in total. The fourth-order valence-electron chi connectivity index (χ4n) is 10.2. The van der Waals surface area contributed by atoms with Crippen molar-refractivity contribution in [3.63, 3.8) is 0 Å². The zero-order valence-electron chi connectivity index (χ0n) is 46.6. The van der Waals surface area contributed by atoms with Gasteiger partial charge in [0.25, 0.3) is 0 Å². The van der Waals surface area contributed by atoms with Gasteiger partial charge in [0, 0.05) is 0 Å². The van der Waals surface area contributed by atoms with Crippen molar-refractivity contribution in [3.05, 3.63) is 12.2 Å². The number of ether oxygens (including phenoxy) is 2. The minimum Gasteiger partial charge on any atom is -0.394 e. The minimum atomic E-state index is -1.61. The first-order chi connectivity index (χ1) is 34.8. The molecular formula is C61H119NO9. The number of allylic oxidation sites excluding steroid dienone is 1. The molecule has 0 saturated carbocycles. The van der Waals surface area contributed by atoms with Crippen LogP contribution in [0.1, 0.15) is 309 Å². The molecule has 8 atom stereocenters. The standard InChI is InChI=1S/C61H119NO9/c1-3-5-7-9-11-13-15-17-18-19-20-21-22-23-24-25-26-27-28-29-30-31-32-33-34-35-36-37-38-40-42-44-46-48-50-55(65)60(69)62-53(52-70-61-59(68)58(67)57(66)56(51-63)71-61)54(64)49-47-45-43-41-39-16-14-12-10-8-6-4-2/h47,49,53-59,61,63-68H,3-46,48,50-52H2,1-2H3,(H,62,69)/b49-47+. The normalized spacial score (nSPS) is 19.7.